The molecule has 0 aliphatic heterocycles. The van der Waals surface area contributed by atoms with Crippen molar-refractivity contribution in [3.63, 3.8) is 0 Å². The number of anilines is 1. The van der Waals surface area contributed by atoms with Crippen molar-refractivity contribution in [3.8, 4) is 16.9 Å². The topological polar surface area (TPSA) is 72.7 Å². The van der Waals surface area contributed by atoms with Gasteiger partial charge in [-0.15, -0.1) is 10.2 Å². The average Bonchev–Trinajstić information content (AvgIpc) is 3.30. The van der Waals surface area contributed by atoms with E-state index in [2.05, 4.69) is 20.6 Å². The molecule has 26 heavy (non-hydrogen) atoms. The molecule has 0 atom stereocenters. The highest BCUT2D eigenvalue weighted by molar-refractivity contribution is 7.15. The molecule has 0 fully saturated rings. The summed E-state index contributed by atoms with van der Waals surface area (Å²) in [5.74, 6) is -0.262. The normalized spacial score (nSPS) is 10.7. The molecule has 6 nitrogen and oxygen atoms in total. The van der Waals surface area contributed by atoms with Gasteiger partial charge in [-0.1, -0.05) is 59.9 Å². The maximum atomic E-state index is 12.8. The summed E-state index contributed by atoms with van der Waals surface area (Å²) in [6.45, 7) is 1.84. The van der Waals surface area contributed by atoms with Gasteiger partial charge in [0.05, 0.1) is 11.3 Å². The van der Waals surface area contributed by atoms with Gasteiger partial charge in [0, 0.05) is 11.8 Å². The molecule has 7 heteroatoms. The Morgan fingerprint density at radius 3 is 2.35 bits per heavy atom. The summed E-state index contributed by atoms with van der Waals surface area (Å²) >= 11 is 1.33. The Labute approximate surface area is 154 Å². The van der Waals surface area contributed by atoms with Gasteiger partial charge >= 0.3 is 0 Å². The first-order valence-corrected chi connectivity index (χ1v) is 8.84. The summed E-state index contributed by atoms with van der Waals surface area (Å²) in [4.78, 5) is 12.8. The van der Waals surface area contributed by atoms with Gasteiger partial charge in [0.25, 0.3) is 5.91 Å². The van der Waals surface area contributed by atoms with Gasteiger partial charge in [0.1, 0.15) is 10.7 Å². The standard InChI is InChI=1S/C19H15N5OS/c1-13-21-22-19(26-13)20-18(25)16-12-24(15-10-6-3-7-11-15)23-17(16)14-8-4-2-5-9-14/h2-12H,1H3,(H,20,22,25). The third-order valence-electron chi connectivity index (χ3n) is 3.77. The Morgan fingerprint density at radius 1 is 1.00 bits per heavy atom. The number of rotatable bonds is 4. The van der Waals surface area contributed by atoms with E-state index in [-0.39, 0.29) is 5.91 Å². The van der Waals surface area contributed by atoms with Gasteiger partial charge < -0.3 is 0 Å². The lowest BCUT2D eigenvalue weighted by atomic mass is 10.1. The van der Waals surface area contributed by atoms with Crippen LogP contribution in [0.25, 0.3) is 16.9 Å². The van der Waals surface area contributed by atoms with Gasteiger partial charge in [-0.05, 0) is 19.1 Å². The molecule has 0 radical (unpaired) electrons. The zero-order valence-corrected chi connectivity index (χ0v) is 14.8. The van der Waals surface area contributed by atoms with Crippen LogP contribution in [0.5, 0.6) is 0 Å². The molecule has 4 rings (SSSR count). The van der Waals surface area contributed by atoms with Crippen molar-refractivity contribution in [2.24, 2.45) is 0 Å². The molecule has 0 saturated carbocycles. The summed E-state index contributed by atoms with van der Waals surface area (Å²) in [5.41, 5.74) is 2.86. The fourth-order valence-corrected chi connectivity index (χ4v) is 3.16. The first-order valence-electron chi connectivity index (χ1n) is 8.03. The molecular formula is C19H15N5OS. The number of aryl methyl sites for hydroxylation is 1. The largest absolute Gasteiger partial charge is 0.296 e. The van der Waals surface area contributed by atoms with Crippen LogP contribution in [-0.4, -0.2) is 25.9 Å². The van der Waals surface area contributed by atoms with E-state index >= 15 is 0 Å². The molecule has 0 bridgehead atoms. The summed E-state index contributed by atoms with van der Waals surface area (Å²) in [6.07, 6.45) is 1.74. The third kappa shape index (κ3) is 3.25. The van der Waals surface area contributed by atoms with Crippen LogP contribution in [0.15, 0.2) is 66.9 Å². The van der Waals surface area contributed by atoms with Crippen LogP contribution >= 0.6 is 11.3 Å². The highest BCUT2D eigenvalue weighted by Gasteiger charge is 2.19. The molecule has 2 aromatic heterocycles. The van der Waals surface area contributed by atoms with Crippen molar-refractivity contribution in [2.75, 3.05) is 5.32 Å². The summed E-state index contributed by atoms with van der Waals surface area (Å²) in [5, 5.41) is 16.6. The highest BCUT2D eigenvalue weighted by atomic mass is 32.1. The highest BCUT2D eigenvalue weighted by Crippen LogP contribution is 2.25. The molecule has 1 amide bonds. The molecule has 1 N–H and O–H groups in total. The van der Waals surface area contributed by atoms with Crippen LogP contribution in [0.1, 0.15) is 15.4 Å². The van der Waals surface area contributed by atoms with Crippen molar-refractivity contribution in [1.82, 2.24) is 20.0 Å². The average molecular weight is 361 g/mol. The Morgan fingerprint density at radius 2 is 1.69 bits per heavy atom. The van der Waals surface area contributed by atoms with E-state index < -0.39 is 0 Å². The number of hydrogen-bond donors (Lipinski definition) is 1. The Hall–Kier alpha value is -3.32. The minimum atomic E-state index is -0.262. The van der Waals surface area contributed by atoms with Crippen molar-refractivity contribution < 1.29 is 4.79 Å². The minimum absolute atomic E-state index is 0.262. The predicted molar refractivity (Wildman–Crippen MR) is 102 cm³/mol. The summed E-state index contributed by atoms with van der Waals surface area (Å²) in [7, 11) is 0. The molecule has 2 heterocycles. The second kappa shape index (κ2) is 6.89. The van der Waals surface area contributed by atoms with Gasteiger partial charge in [-0.2, -0.15) is 5.10 Å². The maximum Gasteiger partial charge on any atom is 0.261 e. The second-order valence-corrected chi connectivity index (χ2v) is 6.80. The van der Waals surface area contributed by atoms with Gasteiger partial charge in [-0.25, -0.2) is 4.68 Å². The van der Waals surface area contributed by atoms with E-state index in [0.29, 0.717) is 16.4 Å². The molecule has 2 aromatic carbocycles. The Bertz CT molecular complexity index is 1040. The summed E-state index contributed by atoms with van der Waals surface area (Å²) in [6, 6.07) is 19.3. The van der Waals surface area contributed by atoms with E-state index in [0.717, 1.165) is 16.3 Å². The Kier molecular flexibility index (Phi) is 4.28. The number of hydrogen-bond acceptors (Lipinski definition) is 5. The van der Waals surface area contributed by atoms with Crippen molar-refractivity contribution in [1.29, 1.82) is 0 Å². The number of benzene rings is 2. The van der Waals surface area contributed by atoms with Crippen molar-refractivity contribution in [3.05, 3.63) is 77.4 Å². The van der Waals surface area contributed by atoms with Crippen LogP contribution in [0.4, 0.5) is 5.13 Å². The second-order valence-electron chi connectivity index (χ2n) is 5.62. The first kappa shape index (κ1) is 16.2. The maximum absolute atomic E-state index is 12.8. The minimum Gasteiger partial charge on any atom is -0.296 e. The van der Waals surface area contributed by atoms with Crippen LogP contribution in [-0.2, 0) is 0 Å². The molecule has 0 aliphatic rings. The fraction of sp³-hybridized carbons (Fsp3) is 0.0526. The predicted octanol–water partition coefficient (Wildman–Crippen LogP) is 3.95. The number of nitrogens with one attached hydrogen (secondary N) is 1. The van der Waals surface area contributed by atoms with Crippen LogP contribution in [0.3, 0.4) is 0 Å². The zero-order chi connectivity index (χ0) is 17.9. The third-order valence-corrected chi connectivity index (χ3v) is 4.53. The lowest BCUT2D eigenvalue weighted by Crippen LogP contribution is -2.12. The number of carbonyl (C=O) groups is 1. The lowest BCUT2D eigenvalue weighted by Gasteiger charge is -2.02. The van der Waals surface area contributed by atoms with Crippen LogP contribution in [0, 0.1) is 6.92 Å². The molecule has 0 unspecified atom stereocenters. The number of carbonyl (C=O) groups excluding carboxylic acids is 1. The number of nitrogens with zero attached hydrogens (tertiary/aromatic N) is 4. The zero-order valence-electron chi connectivity index (χ0n) is 14.0. The first-order chi connectivity index (χ1) is 12.7. The molecular weight excluding hydrogens is 346 g/mol. The van der Waals surface area contributed by atoms with Crippen molar-refractivity contribution >= 4 is 22.4 Å². The van der Waals surface area contributed by atoms with Gasteiger partial charge in [0.2, 0.25) is 5.13 Å². The fourth-order valence-electron chi connectivity index (χ4n) is 2.57. The van der Waals surface area contributed by atoms with Gasteiger partial charge in [0.15, 0.2) is 0 Å². The Balaban J connectivity index is 1.76. The summed E-state index contributed by atoms with van der Waals surface area (Å²) < 4.78 is 1.71. The molecule has 0 spiro atoms. The molecule has 0 saturated heterocycles. The smallest absolute Gasteiger partial charge is 0.261 e. The number of amides is 1. The van der Waals surface area contributed by atoms with E-state index in [1.165, 1.54) is 11.3 Å². The lowest BCUT2D eigenvalue weighted by molar-refractivity contribution is 0.102. The van der Waals surface area contributed by atoms with Crippen LogP contribution in [0.2, 0.25) is 0 Å². The molecule has 128 valence electrons. The number of para-hydroxylation sites is 1. The molecule has 4 aromatic rings. The van der Waals surface area contributed by atoms with Crippen LogP contribution < -0.4 is 5.32 Å². The monoisotopic (exact) mass is 361 g/mol. The van der Waals surface area contributed by atoms with E-state index in [4.69, 9.17) is 0 Å². The quantitative estimate of drug-likeness (QED) is 0.597. The SMILES string of the molecule is Cc1nnc(NC(=O)c2cn(-c3ccccc3)nc2-c2ccccc2)s1. The van der Waals surface area contributed by atoms with E-state index in [1.54, 1.807) is 10.9 Å². The van der Waals surface area contributed by atoms with Crippen molar-refractivity contribution in [2.45, 2.75) is 6.92 Å². The van der Waals surface area contributed by atoms with Gasteiger partial charge in [-0.3, -0.25) is 10.1 Å². The van der Waals surface area contributed by atoms with E-state index in [9.17, 15) is 4.79 Å². The molecule has 0 aliphatic carbocycles. The van der Waals surface area contributed by atoms with E-state index in [1.807, 2.05) is 67.6 Å². The number of aromatic nitrogens is 4.